The molecule has 0 aliphatic carbocycles. The van der Waals surface area contributed by atoms with Gasteiger partial charge in [0, 0.05) is 10.7 Å². The molecule has 1 aromatic rings. The SMILES string of the molecule is O=C(O)COC1(c2ccc(Br)cn2)CCCCNCC1. The first-order valence-electron chi connectivity index (χ1n) is 6.81. The summed E-state index contributed by atoms with van der Waals surface area (Å²) in [5.74, 6) is -0.948. The second-order valence-corrected chi connectivity index (χ2v) is 5.91. The lowest BCUT2D eigenvalue weighted by molar-refractivity contribution is -0.152. The van der Waals surface area contributed by atoms with E-state index in [1.165, 1.54) is 0 Å². The lowest BCUT2D eigenvalue weighted by Gasteiger charge is -2.34. The number of hydrogen-bond donors (Lipinski definition) is 2. The number of rotatable bonds is 4. The smallest absolute Gasteiger partial charge is 0.329 e. The van der Waals surface area contributed by atoms with Crippen molar-refractivity contribution in [3.05, 3.63) is 28.5 Å². The van der Waals surface area contributed by atoms with E-state index in [9.17, 15) is 4.79 Å². The maximum atomic E-state index is 10.9. The second kappa shape index (κ2) is 7.15. The van der Waals surface area contributed by atoms with Gasteiger partial charge in [0.1, 0.15) is 12.2 Å². The van der Waals surface area contributed by atoms with Gasteiger partial charge in [-0.2, -0.15) is 0 Å². The summed E-state index contributed by atoms with van der Waals surface area (Å²) in [5.41, 5.74) is 0.206. The van der Waals surface area contributed by atoms with Crippen molar-refractivity contribution in [2.45, 2.75) is 31.3 Å². The molecule has 0 saturated carbocycles. The van der Waals surface area contributed by atoms with Crippen LogP contribution in [0, 0.1) is 0 Å². The molecule has 0 radical (unpaired) electrons. The van der Waals surface area contributed by atoms with Crippen molar-refractivity contribution in [3.63, 3.8) is 0 Å². The first-order valence-corrected chi connectivity index (χ1v) is 7.60. The van der Waals surface area contributed by atoms with E-state index in [0.29, 0.717) is 0 Å². The molecule has 2 N–H and O–H groups in total. The Labute approximate surface area is 126 Å². The van der Waals surface area contributed by atoms with Crippen molar-refractivity contribution >= 4 is 21.9 Å². The Bertz CT molecular complexity index is 442. The molecule has 6 heteroatoms. The summed E-state index contributed by atoms with van der Waals surface area (Å²) >= 11 is 3.37. The van der Waals surface area contributed by atoms with Crippen LogP contribution >= 0.6 is 15.9 Å². The summed E-state index contributed by atoms with van der Waals surface area (Å²) < 4.78 is 6.68. The van der Waals surface area contributed by atoms with Gasteiger partial charge in [0.05, 0.1) is 5.69 Å². The van der Waals surface area contributed by atoms with E-state index in [-0.39, 0.29) is 6.61 Å². The van der Waals surface area contributed by atoms with Crippen molar-refractivity contribution in [1.82, 2.24) is 10.3 Å². The zero-order valence-corrected chi connectivity index (χ0v) is 12.9. The Hall–Kier alpha value is -0.980. The monoisotopic (exact) mass is 342 g/mol. The quantitative estimate of drug-likeness (QED) is 0.878. The molecular weight excluding hydrogens is 324 g/mol. The number of carboxylic acids is 1. The lowest BCUT2D eigenvalue weighted by Crippen LogP contribution is -2.38. The van der Waals surface area contributed by atoms with E-state index in [4.69, 9.17) is 9.84 Å². The van der Waals surface area contributed by atoms with Crippen LogP contribution in [0.2, 0.25) is 0 Å². The molecule has 5 nitrogen and oxygen atoms in total. The van der Waals surface area contributed by atoms with Crippen molar-refractivity contribution in [1.29, 1.82) is 0 Å². The minimum atomic E-state index is -0.948. The first kappa shape index (κ1) is 15.4. The molecule has 0 amide bonds. The number of aromatic nitrogens is 1. The van der Waals surface area contributed by atoms with Crippen LogP contribution in [-0.4, -0.2) is 35.8 Å². The minimum absolute atomic E-state index is 0.294. The van der Waals surface area contributed by atoms with Crippen LogP contribution in [0.4, 0.5) is 0 Å². The molecule has 2 heterocycles. The summed E-state index contributed by atoms with van der Waals surface area (Å²) in [6, 6.07) is 3.83. The fourth-order valence-corrected chi connectivity index (χ4v) is 2.76. The van der Waals surface area contributed by atoms with Crippen molar-refractivity contribution in [2.75, 3.05) is 19.7 Å². The molecule has 1 aliphatic rings. The van der Waals surface area contributed by atoms with E-state index < -0.39 is 11.6 Å². The van der Waals surface area contributed by atoms with Crippen molar-refractivity contribution in [3.8, 4) is 0 Å². The van der Waals surface area contributed by atoms with Gasteiger partial charge in [-0.1, -0.05) is 0 Å². The number of nitrogens with one attached hydrogen (secondary N) is 1. The number of carboxylic acid groups (broad SMARTS) is 1. The van der Waals surface area contributed by atoms with Gasteiger partial charge in [-0.25, -0.2) is 4.79 Å². The summed E-state index contributed by atoms with van der Waals surface area (Å²) in [6.07, 6.45) is 5.32. The van der Waals surface area contributed by atoms with Crippen LogP contribution in [0.5, 0.6) is 0 Å². The Morgan fingerprint density at radius 3 is 2.95 bits per heavy atom. The van der Waals surface area contributed by atoms with Gasteiger partial charge < -0.3 is 15.2 Å². The summed E-state index contributed by atoms with van der Waals surface area (Å²) in [6.45, 7) is 1.51. The Morgan fingerprint density at radius 1 is 1.40 bits per heavy atom. The number of carbonyl (C=O) groups is 1. The molecule has 0 spiro atoms. The largest absolute Gasteiger partial charge is 0.480 e. The summed E-state index contributed by atoms with van der Waals surface area (Å²) in [7, 11) is 0. The number of pyridine rings is 1. The third-order valence-corrected chi connectivity index (χ3v) is 4.02. The fourth-order valence-electron chi connectivity index (χ4n) is 2.52. The van der Waals surface area contributed by atoms with Crippen LogP contribution in [0.15, 0.2) is 22.8 Å². The van der Waals surface area contributed by atoms with E-state index >= 15 is 0 Å². The average Bonchev–Trinajstić information content (AvgIpc) is 2.39. The molecule has 110 valence electrons. The van der Waals surface area contributed by atoms with Gasteiger partial charge in [-0.05, 0) is 66.8 Å². The average molecular weight is 343 g/mol. The molecule has 2 rings (SSSR count). The van der Waals surface area contributed by atoms with E-state index in [1.54, 1.807) is 6.20 Å². The third kappa shape index (κ3) is 4.01. The molecule has 1 unspecified atom stereocenters. The maximum absolute atomic E-state index is 10.9. The predicted molar refractivity (Wildman–Crippen MR) is 78.5 cm³/mol. The molecule has 0 bridgehead atoms. The van der Waals surface area contributed by atoms with Gasteiger partial charge >= 0.3 is 5.97 Å². The Morgan fingerprint density at radius 2 is 2.25 bits per heavy atom. The highest BCUT2D eigenvalue weighted by Gasteiger charge is 2.35. The van der Waals surface area contributed by atoms with Crippen LogP contribution in [0.25, 0.3) is 0 Å². The third-order valence-electron chi connectivity index (χ3n) is 3.56. The minimum Gasteiger partial charge on any atom is -0.480 e. The van der Waals surface area contributed by atoms with Crippen molar-refractivity contribution in [2.24, 2.45) is 0 Å². The standard InChI is InChI=1S/C14H19BrN2O3/c15-11-3-4-12(17-9-11)14(20-10-13(18)19)5-1-2-7-16-8-6-14/h3-4,9,16H,1-2,5-8,10H2,(H,18,19). The van der Waals surface area contributed by atoms with Gasteiger partial charge in [0.15, 0.2) is 0 Å². The zero-order chi connectivity index (χ0) is 14.4. The molecule has 1 aromatic heterocycles. The fraction of sp³-hybridized carbons (Fsp3) is 0.571. The van der Waals surface area contributed by atoms with Crippen LogP contribution < -0.4 is 5.32 Å². The number of halogens is 1. The molecule has 0 aromatic carbocycles. The van der Waals surface area contributed by atoms with Crippen LogP contribution in [-0.2, 0) is 15.1 Å². The van der Waals surface area contributed by atoms with E-state index in [0.717, 1.165) is 48.9 Å². The molecule has 1 aliphatic heterocycles. The number of nitrogens with zero attached hydrogens (tertiary/aromatic N) is 1. The van der Waals surface area contributed by atoms with Gasteiger partial charge in [-0.15, -0.1) is 0 Å². The second-order valence-electron chi connectivity index (χ2n) is 5.00. The number of hydrogen-bond acceptors (Lipinski definition) is 4. The number of ether oxygens (including phenoxy) is 1. The molecule has 1 atom stereocenters. The predicted octanol–water partition coefficient (Wildman–Crippen LogP) is 2.30. The van der Waals surface area contributed by atoms with Crippen molar-refractivity contribution < 1.29 is 14.6 Å². The normalized spacial score (nSPS) is 23.9. The zero-order valence-electron chi connectivity index (χ0n) is 11.3. The summed E-state index contributed by atoms with van der Waals surface area (Å²) in [5, 5.41) is 12.3. The van der Waals surface area contributed by atoms with Gasteiger partial charge in [0.2, 0.25) is 0 Å². The van der Waals surface area contributed by atoms with Gasteiger partial charge in [0.25, 0.3) is 0 Å². The molecule has 1 fully saturated rings. The van der Waals surface area contributed by atoms with E-state index in [2.05, 4.69) is 26.2 Å². The highest BCUT2D eigenvalue weighted by molar-refractivity contribution is 9.10. The van der Waals surface area contributed by atoms with Crippen LogP contribution in [0.1, 0.15) is 31.4 Å². The first-order chi connectivity index (χ1) is 9.62. The number of aliphatic carboxylic acids is 1. The topological polar surface area (TPSA) is 71.5 Å². The Balaban J connectivity index is 2.25. The highest BCUT2D eigenvalue weighted by atomic mass is 79.9. The summed E-state index contributed by atoms with van der Waals surface area (Å²) in [4.78, 5) is 15.3. The lowest BCUT2D eigenvalue weighted by atomic mass is 9.87. The Kier molecular flexibility index (Phi) is 5.51. The molecule has 20 heavy (non-hydrogen) atoms. The van der Waals surface area contributed by atoms with E-state index in [1.807, 2.05) is 12.1 Å². The highest BCUT2D eigenvalue weighted by Crippen LogP contribution is 2.34. The van der Waals surface area contributed by atoms with Gasteiger partial charge in [-0.3, -0.25) is 4.98 Å². The molecular formula is C14H19BrN2O3. The molecule has 1 saturated heterocycles. The van der Waals surface area contributed by atoms with Crippen LogP contribution in [0.3, 0.4) is 0 Å². The maximum Gasteiger partial charge on any atom is 0.329 e.